The third-order valence-corrected chi connectivity index (χ3v) is 3.50. The summed E-state index contributed by atoms with van der Waals surface area (Å²) < 4.78 is 5.47. The van der Waals surface area contributed by atoms with E-state index in [0.717, 1.165) is 49.1 Å². The molecule has 1 N–H and O–H groups in total. The number of anilines is 1. The van der Waals surface area contributed by atoms with E-state index in [1.54, 1.807) is 0 Å². The van der Waals surface area contributed by atoms with Gasteiger partial charge in [0.15, 0.2) is 0 Å². The zero-order valence-corrected chi connectivity index (χ0v) is 12.2. The number of hydrogen-bond acceptors (Lipinski definition) is 5. The molecule has 21 heavy (non-hydrogen) atoms. The minimum atomic E-state index is 0.681. The Balaban J connectivity index is 1.81. The normalized spacial score (nSPS) is 15.0. The zero-order chi connectivity index (χ0) is 14.5. The Labute approximate surface area is 125 Å². The van der Waals surface area contributed by atoms with Crippen LogP contribution >= 0.6 is 0 Å². The van der Waals surface area contributed by atoms with Crippen molar-refractivity contribution in [3.63, 3.8) is 0 Å². The van der Waals surface area contributed by atoms with Crippen LogP contribution in [0.1, 0.15) is 6.92 Å². The average molecular weight is 284 g/mol. The van der Waals surface area contributed by atoms with Crippen LogP contribution in [0.4, 0.5) is 5.95 Å². The number of piperazine rings is 1. The van der Waals surface area contributed by atoms with Crippen LogP contribution in [0.25, 0.3) is 11.3 Å². The van der Waals surface area contributed by atoms with Gasteiger partial charge in [0.2, 0.25) is 5.95 Å². The van der Waals surface area contributed by atoms with Gasteiger partial charge in [0, 0.05) is 37.9 Å². The predicted octanol–water partition coefficient (Wildman–Crippen LogP) is 1.95. The molecule has 1 aromatic heterocycles. The van der Waals surface area contributed by atoms with Crippen molar-refractivity contribution < 1.29 is 4.74 Å². The summed E-state index contributed by atoms with van der Waals surface area (Å²) in [6, 6.07) is 9.97. The molecule has 0 bridgehead atoms. The Kier molecular flexibility index (Phi) is 4.31. The highest BCUT2D eigenvalue weighted by Gasteiger charge is 2.13. The van der Waals surface area contributed by atoms with Crippen molar-refractivity contribution in [1.29, 1.82) is 0 Å². The van der Waals surface area contributed by atoms with Gasteiger partial charge in [-0.1, -0.05) is 0 Å². The van der Waals surface area contributed by atoms with E-state index in [1.807, 2.05) is 43.5 Å². The summed E-state index contributed by atoms with van der Waals surface area (Å²) in [7, 11) is 0. The van der Waals surface area contributed by atoms with Gasteiger partial charge in [-0.3, -0.25) is 0 Å². The second-order valence-electron chi connectivity index (χ2n) is 4.94. The number of nitrogens with zero attached hydrogens (tertiary/aromatic N) is 3. The first kappa shape index (κ1) is 13.8. The van der Waals surface area contributed by atoms with Gasteiger partial charge in [0.25, 0.3) is 0 Å². The predicted molar refractivity (Wildman–Crippen MR) is 83.7 cm³/mol. The highest BCUT2D eigenvalue weighted by Crippen LogP contribution is 2.22. The van der Waals surface area contributed by atoms with Crippen molar-refractivity contribution >= 4 is 5.95 Å². The quantitative estimate of drug-likeness (QED) is 0.930. The summed E-state index contributed by atoms with van der Waals surface area (Å²) >= 11 is 0. The molecule has 1 aromatic carbocycles. The molecule has 0 radical (unpaired) electrons. The monoisotopic (exact) mass is 284 g/mol. The Morgan fingerprint density at radius 1 is 1.14 bits per heavy atom. The van der Waals surface area contributed by atoms with Crippen molar-refractivity contribution in [2.24, 2.45) is 0 Å². The van der Waals surface area contributed by atoms with Crippen LogP contribution in [0.15, 0.2) is 36.5 Å². The Bertz CT molecular complexity index is 579. The van der Waals surface area contributed by atoms with E-state index >= 15 is 0 Å². The van der Waals surface area contributed by atoms with Crippen LogP contribution < -0.4 is 15.0 Å². The summed E-state index contributed by atoms with van der Waals surface area (Å²) in [6.45, 7) is 6.53. The molecule has 0 atom stereocenters. The van der Waals surface area contributed by atoms with E-state index in [-0.39, 0.29) is 0 Å². The minimum absolute atomic E-state index is 0.681. The first-order chi connectivity index (χ1) is 10.4. The molecular formula is C16H20N4O. The Morgan fingerprint density at radius 2 is 1.90 bits per heavy atom. The van der Waals surface area contributed by atoms with Crippen LogP contribution in [-0.4, -0.2) is 42.8 Å². The van der Waals surface area contributed by atoms with Crippen molar-refractivity contribution in [1.82, 2.24) is 15.3 Å². The van der Waals surface area contributed by atoms with Gasteiger partial charge in [0.1, 0.15) is 5.75 Å². The SMILES string of the molecule is CCOc1ccc(-c2ccnc(N3CCNCC3)n2)cc1. The van der Waals surface area contributed by atoms with E-state index in [2.05, 4.69) is 20.2 Å². The summed E-state index contributed by atoms with van der Waals surface area (Å²) in [5.74, 6) is 1.69. The van der Waals surface area contributed by atoms with Gasteiger partial charge in [-0.25, -0.2) is 9.97 Å². The minimum Gasteiger partial charge on any atom is -0.494 e. The van der Waals surface area contributed by atoms with Crippen molar-refractivity contribution in [2.75, 3.05) is 37.7 Å². The second kappa shape index (κ2) is 6.54. The van der Waals surface area contributed by atoms with Gasteiger partial charge in [-0.15, -0.1) is 0 Å². The van der Waals surface area contributed by atoms with E-state index in [4.69, 9.17) is 4.74 Å². The maximum Gasteiger partial charge on any atom is 0.225 e. The Morgan fingerprint density at radius 3 is 2.62 bits per heavy atom. The fourth-order valence-electron chi connectivity index (χ4n) is 2.41. The first-order valence-corrected chi connectivity index (χ1v) is 7.39. The smallest absolute Gasteiger partial charge is 0.225 e. The number of rotatable bonds is 4. The molecule has 1 saturated heterocycles. The molecule has 5 heteroatoms. The molecule has 0 aliphatic carbocycles. The first-order valence-electron chi connectivity index (χ1n) is 7.39. The lowest BCUT2D eigenvalue weighted by molar-refractivity contribution is 0.340. The van der Waals surface area contributed by atoms with E-state index in [0.29, 0.717) is 6.61 Å². The van der Waals surface area contributed by atoms with E-state index < -0.39 is 0 Å². The number of benzene rings is 1. The summed E-state index contributed by atoms with van der Waals surface area (Å²) in [6.07, 6.45) is 1.83. The fourth-order valence-corrected chi connectivity index (χ4v) is 2.41. The second-order valence-corrected chi connectivity index (χ2v) is 4.94. The third kappa shape index (κ3) is 3.31. The van der Waals surface area contributed by atoms with Gasteiger partial charge >= 0.3 is 0 Å². The lowest BCUT2D eigenvalue weighted by Crippen LogP contribution is -2.44. The van der Waals surface area contributed by atoms with Gasteiger partial charge < -0.3 is 15.0 Å². The molecule has 5 nitrogen and oxygen atoms in total. The lowest BCUT2D eigenvalue weighted by Gasteiger charge is -2.27. The molecule has 3 rings (SSSR count). The van der Waals surface area contributed by atoms with Gasteiger partial charge in [0.05, 0.1) is 12.3 Å². The largest absolute Gasteiger partial charge is 0.494 e. The highest BCUT2D eigenvalue weighted by atomic mass is 16.5. The summed E-state index contributed by atoms with van der Waals surface area (Å²) in [5, 5.41) is 3.34. The molecule has 0 saturated carbocycles. The third-order valence-electron chi connectivity index (χ3n) is 3.50. The zero-order valence-electron chi connectivity index (χ0n) is 12.2. The van der Waals surface area contributed by atoms with E-state index in [1.165, 1.54) is 0 Å². The molecule has 1 aliphatic rings. The number of nitrogens with one attached hydrogen (secondary N) is 1. The molecule has 1 aliphatic heterocycles. The van der Waals surface area contributed by atoms with Crippen molar-refractivity contribution in [3.05, 3.63) is 36.5 Å². The molecule has 0 spiro atoms. The standard InChI is InChI=1S/C16H20N4O/c1-2-21-14-5-3-13(4-6-14)15-7-8-18-16(19-15)20-11-9-17-10-12-20/h3-8,17H,2,9-12H2,1H3. The van der Waals surface area contributed by atoms with E-state index in [9.17, 15) is 0 Å². The summed E-state index contributed by atoms with van der Waals surface area (Å²) in [5.41, 5.74) is 2.03. The highest BCUT2D eigenvalue weighted by molar-refractivity contribution is 5.61. The van der Waals surface area contributed by atoms with Gasteiger partial charge in [-0.2, -0.15) is 0 Å². The molecule has 0 amide bonds. The van der Waals surface area contributed by atoms with Crippen molar-refractivity contribution in [3.8, 4) is 17.0 Å². The van der Waals surface area contributed by atoms with Crippen LogP contribution in [0.5, 0.6) is 5.75 Å². The van der Waals surface area contributed by atoms with Crippen LogP contribution in [0.2, 0.25) is 0 Å². The number of aromatic nitrogens is 2. The van der Waals surface area contributed by atoms with Gasteiger partial charge in [-0.05, 0) is 37.3 Å². The van der Waals surface area contributed by atoms with Crippen LogP contribution in [-0.2, 0) is 0 Å². The number of hydrogen-bond donors (Lipinski definition) is 1. The average Bonchev–Trinajstić information content (AvgIpc) is 2.57. The fraction of sp³-hybridized carbons (Fsp3) is 0.375. The molecule has 110 valence electrons. The summed E-state index contributed by atoms with van der Waals surface area (Å²) in [4.78, 5) is 11.3. The molecule has 0 unspecified atom stereocenters. The maximum absolute atomic E-state index is 5.47. The van der Waals surface area contributed by atoms with Crippen LogP contribution in [0, 0.1) is 0 Å². The molecule has 1 fully saturated rings. The molecular weight excluding hydrogens is 264 g/mol. The molecule has 2 aromatic rings. The van der Waals surface area contributed by atoms with Crippen LogP contribution in [0.3, 0.4) is 0 Å². The maximum atomic E-state index is 5.47. The number of ether oxygens (including phenoxy) is 1. The Hall–Kier alpha value is -2.14. The topological polar surface area (TPSA) is 50.3 Å². The van der Waals surface area contributed by atoms with Crippen molar-refractivity contribution in [2.45, 2.75) is 6.92 Å². The molecule has 2 heterocycles. The lowest BCUT2D eigenvalue weighted by atomic mass is 10.1.